The number of carbonyl (C=O) groups is 1. The summed E-state index contributed by atoms with van der Waals surface area (Å²) >= 11 is 1.33. The summed E-state index contributed by atoms with van der Waals surface area (Å²) in [5, 5.41) is 11.6. The van der Waals surface area contributed by atoms with E-state index in [1.165, 1.54) is 23.9 Å². The molecule has 2 aromatic carbocycles. The first kappa shape index (κ1) is 19.1. The number of para-hydroxylation sites is 1. The quantitative estimate of drug-likeness (QED) is 0.664. The van der Waals surface area contributed by atoms with Gasteiger partial charge in [0, 0.05) is 18.3 Å². The Hall–Kier alpha value is -2.67. The first-order chi connectivity index (χ1) is 12.9. The number of hydrogen-bond donors (Lipinski definition) is 1. The van der Waals surface area contributed by atoms with E-state index >= 15 is 0 Å². The lowest BCUT2D eigenvalue weighted by Gasteiger charge is -2.15. The fraction of sp³-hybridized carbons (Fsp3) is 0.250. The van der Waals surface area contributed by atoms with E-state index in [9.17, 15) is 9.18 Å². The summed E-state index contributed by atoms with van der Waals surface area (Å²) in [6.07, 6.45) is 0. The average Bonchev–Trinajstić information content (AvgIpc) is 2.99. The zero-order valence-electron chi connectivity index (χ0n) is 15.7. The van der Waals surface area contributed by atoms with Crippen molar-refractivity contribution in [2.24, 2.45) is 7.05 Å². The molecule has 140 valence electrons. The van der Waals surface area contributed by atoms with Crippen molar-refractivity contribution in [2.75, 3.05) is 5.32 Å². The Balaban J connectivity index is 1.73. The lowest BCUT2D eigenvalue weighted by molar-refractivity contribution is -0.115. The average molecular weight is 384 g/mol. The Morgan fingerprint density at radius 3 is 2.37 bits per heavy atom. The molecule has 0 saturated heterocycles. The molecule has 0 aliphatic heterocycles. The molecule has 0 unspecified atom stereocenters. The van der Waals surface area contributed by atoms with Crippen molar-refractivity contribution < 1.29 is 9.18 Å². The van der Waals surface area contributed by atoms with Crippen molar-refractivity contribution in [1.82, 2.24) is 14.8 Å². The second-order valence-corrected chi connectivity index (χ2v) is 7.70. The molecule has 1 aromatic heterocycles. The van der Waals surface area contributed by atoms with Crippen LogP contribution in [0.4, 0.5) is 10.1 Å². The molecule has 1 N–H and O–H groups in total. The molecule has 1 heterocycles. The molecule has 0 fully saturated rings. The molecule has 3 rings (SSSR count). The number of nitrogens with one attached hydrogen (secondary N) is 1. The van der Waals surface area contributed by atoms with E-state index in [4.69, 9.17) is 0 Å². The summed E-state index contributed by atoms with van der Waals surface area (Å²) in [5.41, 5.74) is 3.67. The molecule has 0 aliphatic rings. The predicted octanol–water partition coefficient (Wildman–Crippen LogP) is 4.36. The second kappa shape index (κ2) is 7.92. The van der Waals surface area contributed by atoms with E-state index in [2.05, 4.69) is 15.5 Å². The number of benzene rings is 2. The number of aromatic nitrogens is 3. The number of amides is 1. The number of hydrogen-bond acceptors (Lipinski definition) is 4. The first-order valence-electron chi connectivity index (χ1n) is 8.56. The third-order valence-electron chi connectivity index (χ3n) is 4.32. The third-order valence-corrected chi connectivity index (χ3v) is 5.45. The van der Waals surface area contributed by atoms with Gasteiger partial charge < -0.3 is 9.88 Å². The van der Waals surface area contributed by atoms with E-state index in [1.807, 2.05) is 46.0 Å². The molecule has 0 spiro atoms. The van der Waals surface area contributed by atoms with Crippen molar-refractivity contribution in [3.63, 3.8) is 0 Å². The SMILES string of the molecule is Cc1cccc(C)c1NC(=O)[C@@H](C)Sc1nnc(-c2ccc(F)cc2)n1C. The zero-order valence-corrected chi connectivity index (χ0v) is 16.5. The van der Waals surface area contributed by atoms with E-state index < -0.39 is 0 Å². The van der Waals surface area contributed by atoms with Crippen LogP contribution in [-0.4, -0.2) is 25.9 Å². The first-order valence-corrected chi connectivity index (χ1v) is 9.44. The zero-order chi connectivity index (χ0) is 19.6. The number of aryl methyl sites for hydroxylation is 2. The van der Waals surface area contributed by atoms with Crippen LogP contribution in [0.15, 0.2) is 47.6 Å². The summed E-state index contributed by atoms with van der Waals surface area (Å²) in [6, 6.07) is 12.0. The predicted molar refractivity (Wildman–Crippen MR) is 106 cm³/mol. The molecule has 1 atom stereocenters. The number of carbonyl (C=O) groups excluding carboxylic acids is 1. The number of anilines is 1. The van der Waals surface area contributed by atoms with Crippen molar-refractivity contribution in [2.45, 2.75) is 31.2 Å². The molecule has 0 aliphatic carbocycles. The topological polar surface area (TPSA) is 59.8 Å². The molecule has 0 radical (unpaired) electrons. The largest absolute Gasteiger partial charge is 0.325 e. The highest BCUT2D eigenvalue weighted by atomic mass is 32.2. The van der Waals surface area contributed by atoms with Gasteiger partial charge >= 0.3 is 0 Å². The lowest BCUT2D eigenvalue weighted by Crippen LogP contribution is -2.23. The minimum Gasteiger partial charge on any atom is -0.325 e. The normalized spacial score (nSPS) is 12.0. The van der Waals surface area contributed by atoms with Crippen LogP contribution >= 0.6 is 11.8 Å². The monoisotopic (exact) mass is 384 g/mol. The van der Waals surface area contributed by atoms with Crippen molar-refractivity contribution in [1.29, 1.82) is 0 Å². The lowest BCUT2D eigenvalue weighted by atomic mass is 10.1. The maximum absolute atomic E-state index is 13.1. The van der Waals surface area contributed by atoms with Gasteiger partial charge in [-0.1, -0.05) is 30.0 Å². The molecule has 7 heteroatoms. The minimum absolute atomic E-state index is 0.0938. The van der Waals surface area contributed by atoms with Crippen molar-refractivity contribution in [3.8, 4) is 11.4 Å². The number of rotatable bonds is 5. The maximum atomic E-state index is 13.1. The van der Waals surface area contributed by atoms with Gasteiger partial charge in [-0.3, -0.25) is 4.79 Å². The van der Waals surface area contributed by atoms with Crippen molar-refractivity contribution >= 4 is 23.4 Å². The smallest absolute Gasteiger partial charge is 0.237 e. The molecule has 3 aromatic rings. The van der Waals surface area contributed by atoms with Gasteiger partial charge in [-0.25, -0.2) is 4.39 Å². The Morgan fingerprint density at radius 2 is 1.74 bits per heavy atom. The highest BCUT2D eigenvalue weighted by Crippen LogP contribution is 2.27. The second-order valence-electron chi connectivity index (χ2n) is 6.39. The van der Waals surface area contributed by atoms with Gasteiger partial charge in [-0.05, 0) is 56.2 Å². The highest BCUT2D eigenvalue weighted by molar-refractivity contribution is 8.00. The Labute approximate surface area is 162 Å². The van der Waals surface area contributed by atoms with Gasteiger partial charge in [-0.15, -0.1) is 10.2 Å². The minimum atomic E-state index is -0.354. The summed E-state index contributed by atoms with van der Waals surface area (Å²) in [6.45, 7) is 5.77. The van der Waals surface area contributed by atoms with Crippen LogP contribution in [0, 0.1) is 19.7 Å². The summed E-state index contributed by atoms with van der Waals surface area (Å²) in [7, 11) is 1.83. The third kappa shape index (κ3) is 4.19. The van der Waals surface area contributed by atoms with Gasteiger partial charge in [-0.2, -0.15) is 0 Å². The summed E-state index contributed by atoms with van der Waals surface area (Å²) in [4.78, 5) is 12.6. The maximum Gasteiger partial charge on any atom is 0.237 e. The van der Waals surface area contributed by atoms with Gasteiger partial charge in [0.1, 0.15) is 5.82 Å². The van der Waals surface area contributed by atoms with Crippen LogP contribution in [0.25, 0.3) is 11.4 Å². The van der Waals surface area contributed by atoms with Crippen LogP contribution < -0.4 is 5.32 Å². The van der Waals surface area contributed by atoms with Gasteiger partial charge in [0.15, 0.2) is 11.0 Å². The summed E-state index contributed by atoms with van der Waals surface area (Å²) < 4.78 is 14.9. The highest BCUT2D eigenvalue weighted by Gasteiger charge is 2.20. The Bertz CT molecular complexity index is 948. The van der Waals surface area contributed by atoms with Gasteiger partial charge in [0.05, 0.1) is 5.25 Å². The van der Waals surface area contributed by atoms with E-state index in [1.54, 1.807) is 16.7 Å². The number of thioether (sulfide) groups is 1. The molecule has 0 saturated carbocycles. The molecule has 5 nitrogen and oxygen atoms in total. The van der Waals surface area contributed by atoms with Crippen LogP contribution in [0.3, 0.4) is 0 Å². The van der Waals surface area contributed by atoms with E-state index in [-0.39, 0.29) is 17.0 Å². The van der Waals surface area contributed by atoms with Crippen molar-refractivity contribution in [3.05, 3.63) is 59.4 Å². The van der Waals surface area contributed by atoms with Crippen LogP contribution in [-0.2, 0) is 11.8 Å². The number of halogens is 1. The van der Waals surface area contributed by atoms with Gasteiger partial charge in [0.2, 0.25) is 5.91 Å². The van der Waals surface area contributed by atoms with Gasteiger partial charge in [0.25, 0.3) is 0 Å². The molecular formula is C20H21FN4OS. The van der Waals surface area contributed by atoms with Crippen LogP contribution in [0.5, 0.6) is 0 Å². The molecule has 27 heavy (non-hydrogen) atoms. The fourth-order valence-electron chi connectivity index (χ4n) is 2.72. The van der Waals surface area contributed by atoms with Crippen LogP contribution in [0.1, 0.15) is 18.1 Å². The van der Waals surface area contributed by atoms with E-state index in [0.29, 0.717) is 11.0 Å². The summed E-state index contributed by atoms with van der Waals surface area (Å²) in [5.74, 6) is 0.232. The molecular weight excluding hydrogens is 363 g/mol. The Kier molecular flexibility index (Phi) is 5.60. The fourth-order valence-corrected chi connectivity index (χ4v) is 3.53. The number of nitrogens with zero attached hydrogens (tertiary/aromatic N) is 3. The molecule has 0 bridgehead atoms. The molecule has 1 amide bonds. The standard InChI is InChI=1S/C20H21FN4OS/c1-12-6-5-7-13(2)17(12)22-19(26)14(3)27-20-24-23-18(25(20)4)15-8-10-16(21)11-9-15/h5-11,14H,1-4H3,(H,22,26)/t14-/m1/s1. The van der Waals surface area contributed by atoms with E-state index in [0.717, 1.165) is 22.4 Å². The van der Waals surface area contributed by atoms with Crippen LogP contribution in [0.2, 0.25) is 0 Å². The Morgan fingerprint density at radius 1 is 1.11 bits per heavy atom.